The second-order valence-electron chi connectivity index (χ2n) is 5.72. The van der Waals surface area contributed by atoms with E-state index in [1.54, 1.807) is 0 Å². The van der Waals surface area contributed by atoms with E-state index < -0.39 is 0 Å². The van der Waals surface area contributed by atoms with Crippen molar-refractivity contribution < 1.29 is 9.50 Å². The predicted octanol–water partition coefficient (Wildman–Crippen LogP) is 3.65. The molecule has 0 amide bonds. The SMILES string of the molecule is CC(Nc1ccc2c(c1)CN(C)C2)c1cc(F)ccc1O. The summed E-state index contributed by atoms with van der Waals surface area (Å²) in [5.41, 5.74) is 4.22. The number of phenols is 1. The Morgan fingerprint density at radius 3 is 2.71 bits per heavy atom. The highest BCUT2D eigenvalue weighted by molar-refractivity contribution is 5.52. The van der Waals surface area contributed by atoms with E-state index in [9.17, 15) is 9.50 Å². The molecule has 0 radical (unpaired) electrons. The van der Waals surface area contributed by atoms with Gasteiger partial charge in [-0.1, -0.05) is 6.07 Å². The van der Waals surface area contributed by atoms with Crippen LogP contribution in [0.5, 0.6) is 5.75 Å². The lowest BCUT2D eigenvalue weighted by atomic mass is 10.1. The van der Waals surface area contributed by atoms with Crippen molar-refractivity contribution in [2.45, 2.75) is 26.1 Å². The van der Waals surface area contributed by atoms with E-state index in [2.05, 4.69) is 29.4 Å². The number of aromatic hydroxyl groups is 1. The van der Waals surface area contributed by atoms with E-state index in [-0.39, 0.29) is 17.6 Å². The van der Waals surface area contributed by atoms with Gasteiger partial charge in [-0.3, -0.25) is 4.90 Å². The van der Waals surface area contributed by atoms with Gasteiger partial charge >= 0.3 is 0 Å². The summed E-state index contributed by atoms with van der Waals surface area (Å²) < 4.78 is 13.3. The summed E-state index contributed by atoms with van der Waals surface area (Å²) in [7, 11) is 2.10. The first-order valence-electron chi connectivity index (χ1n) is 7.08. The average Bonchev–Trinajstić information content (AvgIpc) is 2.80. The van der Waals surface area contributed by atoms with Crippen molar-refractivity contribution in [2.24, 2.45) is 0 Å². The number of phenolic OH excluding ortho intramolecular Hbond substituents is 1. The topological polar surface area (TPSA) is 35.5 Å². The second-order valence-corrected chi connectivity index (χ2v) is 5.72. The van der Waals surface area contributed by atoms with Gasteiger partial charge in [-0.15, -0.1) is 0 Å². The predicted molar refractivity (Wildman–Crippen MR) is 81.7 cm³/mol. The molecule has 1 aliphatic heterocycles. The Labute approximate surface area is 124 Å². The molecule has 0 fully saturated rings. The van der Waals surface area contributed by atoms with E-state index in [0.29, 0.717) is 5.56 Å². The number of benzene rings is 2. The van der Waals surface area contributed by atoms with Crippen molar-refractivity contribution in [3.05, 3.63) is 58.9 Å². The summed E-state index contributed by atoms with van der Waals surface area (Å²) in [4.78, 5) is 2.26. The molecule has 2 N–H and O–H groups in total. The van der Waals surface area contributed by atoms with Gasteiger partial charge in [-0.05, 0) is 55.4 Å². The van der Waals surface area contributed by atoms with Crippen LogP contribution in [0, 0.1) is 5.82 Å². The van der Waals surface area contributed by atoms with Crippen molar-refractivity contribution in [2.75, 3.05) is 12.4 Å². The Morgan fingerprint density at radius 1 is 1.14 bits per heavy atom. The van der Waals surface area contributed by atoms with Crippen LogP contribution in [0.25, 0.3) is 0 Å². The molecule has 1 atom stereocenters. The highest BCUT2D eigenvalue weighted by Gasteiger charge is 2.17. The lowest BCUT2D eigenvalue weighted by Crippen LogP contribution is -2.08. The third-order valence-electron chi connectivity index (χ3n) is 3.93. The maximum Gasteiger partial charge on any atom is 0.123 e. The van der Waals surface area contributed by atoms with Gasteiger partial charge in [-0.25, -0.2) is 4.39 Å². The summed E-state index contributed by atoms with van der Waals surface area (Å²) in [5, 5.41) is 13.2. The lowest BCUT2D eigenvalue weighted by Gasteiger charge is -2.17. The fourth-order valence-corrected chi connectivity index (χ4v) is 2.85. The van der Waals surface area contributed by atoms with E-state index >= 15 is 0 Å². The number of hydrogen-bond acceptors (Lipinski definition) is 3. The molecule has 1 heterocycles. The van der Waals surface area contributed by atoms with E-state index in [4.69, 9.17) is 0 Å². The van der Waals surface area contributed by atoms with Crippen molar-refractivity contribution in [1.29, 1.82) is 0 Å². The molecule has 1 unspecified atom stereocenters. The molecule has 1 aliphatic rings. The fraction of sp³-hybridized carbons (Fsp3) is 0.294. The Kier molecular flexibility index (Phi) is 3.55. The minimum atomic E-state index is -0.341. The van der Waals surface area contributed by atoms with Gasteiger partial charge in [0.05, 0.1) is 6.04 Å². The van der Waals surface area contributed by atoms with Crippen LogP contribution < -0.4 is 5.32 Å². The van der Waals surface area contributed by atoms with Crippen molar-refractivity contribution in [3.63, 3.8) is 0 Å². The summed E-state index contributed by atoms with van der Waals surface area (Å²) in [6, 6.07) is 10.1. The molecular formula is C17H19FN2O. The second kappa shape index (κ2) is 5.37. The number of halogens is 1. The number of nitrogens with zero attached hydrogens (tertiary/aromatic N) is 1. The molecule has 0 saturated heterocycles. The molecule has 0 spiro atoms. The highest BCUT2D eigenvalue weighted by Crippen LogP contribution is 2.30. The summed E-state index contributed by atoms with van der Waals surface area (Å²) >= 11 is 0. The molecule has 3 rings (SSSR count). The van der Waals surface area contributed by atoms with Gasteiger partial charge in [0.1, 0.15) is 11.6 Å². The number of rotatable bonds is 3. The van der Waals surface area contributed by atoms with Gasteiger partial charge in [-0.2, -0.15) is 0 Å². The molecule has 0 aliphatic carbocycles. The maximum atomic E-state index is 13.3. The molecule has 0 aromatic heterocycles. The largest absolute Gasteiger partial charge is 0.508 e. The molecular weight excluding hydrogens is 267 g/mol. The van der Waals surface area contributed by atoms with Crippen LogP contribution in [0.1, 0.15) is 29.7 Å². The minimum Gasteiger partial charge on any atom is -0.508 e. The van der Waals surface area contributed by atoms with Crippen LogP contribution in [-0.2, 0) is 13.1 Å². The molecule has 0 bridgehead atoms. The zero-order valence-electron chi connectivity index (χ0n) is 12.2. The Hall–Kier alpha value is -2.07. The number of nitrogens with one attached hydrogen (secondary N) is 1. The molecule has 4 heteroatoms. The Morgan fingerprint density at radius 2 is 1.90 bits per heavy atom. The zero-order valence-corrected chi connectivity index (χ0v) is 12.2. The fourth-order valence-electron chi connectivity index (χ4n) is 2.85. The van der Waals surface area contributed by atoms with E-state index in [1.165, 1.54) is 29.3 Å². The third-order valence-corrected chi connectivity index (χ3v) is 3.93. The van der Waals surface area contributed by atoms with Gasteiger partial charge < -0.3 is 10.4 Å². The number of hydrogen-bond donors (Lipinski definition) is 2. The first-order chi connectivity index (χ1) is 10.0. The minimum absolute atomic E-state index is 0.109. The standard InChI is InChI=1S/C17H19FN2O/c1-11(16-8-14(18)4-6-17(16)21)19-15-5-3-12-9-20(2)10-13(12)7-15/h3-8,11,19,21H,9-10H2,1-2H3. The molecule has 3 nitrogen and oxygen atoms in total. The van der Waals surface area contributed by atoms with Crippen LogP contribution in [-0.4, -0.2) is 17.1 Å². The average molecular weight is 286 g/mol. The smallest absolute Gasteiger partial charge is 0.123 e. The molecule has 2 aromatic rings. The Bertz CT molecular complexity index is 672. The first kappa shape index (κ1) is 13.9. The molecule has 0 saturated carbocycles. The van der Waals surface area contributed by atoms with Crippen LogP contribution in [0.2, 0.25) is 0 Å². The van der Waals surface area contributed by atoms with E-state index in [1.807, 2.05) is 13.0 Å². The van der Waals surface area contributed by atoms with Gasteiger partial charge in [0.2, 0.25) is 0 Å². The van der Waals surface area contributed by atoms with Gasteiger partial charge in [0.15, 0.2) is 0 Å². The van der Waals surface area contributed by atoms with Crippen LogP contribution in [0.3, 0.4) is 0 Å². The van der Waals surface area contributed by atoms with Gasteiger partial charge in [0, 0.05) is 24.3 Å². The Balaban J connectivity index is 1.80. The molecule has 2 aromatic carbocycles. The van der Waals surface area contributed by atoms with Crippen molar-refractivity contribution >= 4 is 5.69 Å². The highest BCUT2D eigenvalue weighted by atomic mass is 19.1. The maximum absolute atomic E-state index is 13.3. The lowest BCUT2D eigenvalue weighted by molar-refractivity contribution is 0.353. The number of anilines is 1. The summed E-state index contributed by atoms with van der Waals surface area (Å²) in [6.07, 6.45) is 0. The summed E-state index contributed by atoms with van der Waals surface area (Å²) in [6.45, 7) is 3.84. The van der Waals surface area contributed by atoms with Crippen LogP contribution >= 0.6 is 0 Å². The van der Waals surface area contributed by atoms with Crippen LogP contribution in [0.15, 0.2) is 36.4 Å². The summed E-state index contributed by atoms with van der Waals surface area (Å²) in [5.74, 6) is -0.232. The number of fused-ring (bicyclic) bond motifs is 1. The third kappa shape index (κ3) is 2.85. The van der Waals surface area contributed by atoms with Crippen LogP contribution in [0.4, 0.5) is 10.1 Å². The van der Waals surface area contributed by atoms with Gasteiger partial charge in [0.25, 0.3) is 0 Å². The molecule has 21 heavy (non-hydrogen) atoms. The zero-order chi connectivity index (χ0) is 15.0. The van der Waals surface area contributed by atoms with Crippen molar-refractivity contribution in [1.82, 2.24) is 4.90 Å². The van der Waals surface area contributed by atoms with E-state index in [0.717, 1.165) is 18.8 Å². The first-order valence-corrected chi connectivity index (χ1v) is 7.08. The normalized spacial score (nSPS) is 15.8. The molecule has 110 valence electrons. The quantitative estimate of drug-likeness (QED) is 0.904. The van der Waals surface area contributed by atoms with Crippen molar-refractivity contribution in [3.8, 4) is 5.75 Å². The monoisotopic (exact) mass is 286 g/mol.